The van der Waals surface area contributed by atoms with E-state index in [-0.39, 0.29) is 16.8 Å². The average molecular weight is 400 g/mol. The summed E-state index contributed by atoms with van der Waals surface area (Å²) in [5.41, 5.74) is 0.366. The van der Waals surface area contributed by atoms with Gasteiger partial charge in [-0.1, -0.05) is 24.3 Å². The summed E-state index contributed by atoms with van der Waals surface area (Å²) in [5, 5.41) is 1.68. The van der Waals surface area contributed by atoms with Crippen LogP contribution in [-0.2, 0) is 17.5 Å². The summed E-state index contributed by atoms with van der Waals surface area (Å²) in [6.07, 6.45) is -4.70. The molecule has 0 amide bonds. The average Bonchev–Trinajstić information content (AvgIpc) is 3.06. The second-order valence-electron chi connectivity index (χ2n) is 6.36. The van der Waals surface area contributed by atoms with E-state index in [9.17, 15) is 18.0 Å². The number of ether oxygens (including phenoxy) is 2. The van der Waals surface area contributed by atoms with Gasteiger partial charge in [0.05, 0.1) is 18.1 Å². The number of para-hydroxylation sites is 2. The lowest BCUT2D eigenvalue weighted by molar-refractivity contribution is -0.148. The minimum atomic E-state index is -4.70. The quantitative estimate of drug-likeness (QED) is 0.364. The summed E-state index contributed by atoms with van der Waals surface area (Å²) in [6.45, 7) is -0.620. The highest BCUT2D eigenvalue weighted by Gasteiger charge is 2.38. The van der Waals surface area contributed by atoms with E-state index >= 15 is 0 Å². The lowest BCUT2D eigenvalue weighted by Crippen LogP contribution is -2.22. The Bertz CT molecular complexity index is 1210. The molecule has 4 rings (SSSR count). The third-order valence-corrected chi connectivity index (χ3v) is 4.45. The molecule has 3 aromatic carbocycles. The number of hydrogen-bond donors (Lipinski definition) is 0. The van der Waals surface area contributed by atoms with E-state index in [0.717, 1.165) is 15.3 Å². The standard InChI is InChI=1S/C21H15F3N2O3/c1-28-15-8-6-13-7-9-16(11-14(13)10-15)29-19(27)12-26-18-5-3-2-4-17(18)25-20(26)21(22,23)24/h2-11H,12H2,1H3. The number of nitrogens with zero attached hydrogens (tertiary/aromatic N) is 2. The van der Waals surface area contributed by atoms with Gasteiger partial charge in [0, 0.05) is 0 Å². The molecule has 0 saturated heterocycles. The smallest absolute Gasteiger partial charge is 0.449 e. The Labute approximate surface area is 163 Å². The summed E-state index contributed by atoms with van der Waals surface area (Å²) >= 11 is 0. The van der Waals surface area contributed by atoms with Crippen molar-refractivity contribution in [1.29, 1.82) is 0 Å². The summed E-state index contributed by atoms with van der Waals surface area (Å²) in [4.78, 5) is 16.0. The number of methoxy groups -OCH3 is 1. The lowest BCUT2D eigenvalue weighted by Gasteiger charge is -2.11. The molecular formula is C21H15F3N2O3. The number of esters is 1. The van der Waals surface area contributed by atoms with E-state index in [1.54, 1.807) is 49.6 Å². The number of imidazole rings is 1. The van der Waals surface area contributed by atoms with Crippen LogP contribution in [0, 0.1) is 0 Å². The third kappa shape index (κ3) is 3.73. The van der Waals surface area contributed by atoms with Crippen molar-refractivity contribution in [3.8, 4) is 11.5 Å². The number of hydrogen-bond acceptors (Lipinski definition) is 4. The largest absolute Gasteiger partial charge is 0.497 e. The highest BCUT2D eigenvalue weighted by atomic mass is 19.4. The molecule has 0 N–H and O–H groups in total. The number of halogens is 3. The second kappa shape index (κ2) is 7.12. The predicted octanol–water partition coefficient (Wildman–Crippen LogP) is 4.82. The first kappa shape index (κ1) is 18.8. The Kier molecular flexibility index (Phi) is 4.62. The number of benzene rings is 3. The first-order chi connectivity index (χ1) is 13.8. The minimum absolute atomic E-state index is 0.158. The van der Waals surface area contributed by atoms with Gasteiger partial charge in [-0.15, -0.1) is 0 Å². The molecule has 0 unspecified atom stereocenters. The van der Waals surface area contributed by atoms with Crippen molar-refractivity contribution < 1.29 is 27.4 Å². The number of aromatic nitrogens is 2. The van der Waals surface area contributed by atoms with Crippen molar-refractivity contribution in [2.75, 3.05) is 7.11 Å². The molecule has 5 nitrogen and oxygen atoms in total. The number of alkyl halides is 3. The third-order valence-electron chi connectivity index (χ3n) is 4.45. The maximum atomic E-state index is 13.4. The number of carbonyl (C=O) groups excluding carboxylic acids is 1. The van der Waals surface area contributed by atoms with E-state index < -0.39 is 24.5 Å². The molecule has 8 heteroatoms. The minimum Gasteiger partial charge on any atom is -0.497 e. The van der Waals surface area contributed by atoms with Crippen molar-refractivity contribution in [3.63, 3.8) is 0 Å². The van der Waals surface area contributed by atoms with Crippen LogP contribution in [0.2, 0.25) is 0 Å². The first-order valence-electron chi connectivity index (χ1n) is 8.66. The predicted molar refractivity (Wildman–Crippen MR) is 101 cm³/mol. The molecule has 1 aromatic heterocycles. The van der Waals surface area contributed by atoms with Crippen LogP contribution in [0.3, 0.4) is 0 Å². The summed E-state index contributed by atoms with van der Waals surface area (Å²) < 4.78 is 51.4. The van der Waals surface area contributed by atoms with Crippen LogP contribution in [0.4, 0.5) is 13.2 Å². The Hall–Kier alpha value is -3.55. The Morgan fingerprint density at radius 3 is 2.41 bits per heavy atom. The van der Waals surface area contributed by atoms with Gasteiger partial charge in [-0.2, -0.15) is 13.2 Å². The van der Waals surface area contributed by atoms with E-state index in [4.69, 9.17) is 9.47 Å². The number of fused-ring (bicyclic) bond motifs is 2. The highest BCUT2D eigenvalue weighted by molar-refractivity contribution is 5.86. The van der Waals surface area contributed by atoms with Gasteiger partial charge in [-0.3, -0.25) is 0 Å². The van der Waals surface area contributed by atoms with Crippen molar-refractivity contribution in [3.05, 3.63) is 66.5 Å². The van der Waals surface area contributed by atoms with E-state index in [0.29, 0.717) is 5.75 Å². The molecule has 0 atom stereocenters. The van der Waals surface area contributed by atoms with Gasteiger partial charge in [-0.05, 0) is 47.2 Å². The monoisotopic (exact) mass is 400 g/mol. The molecule has 0 fully saturated rings. The topological polar surface area (TPSA) is 53.4 Å². The van der Waals surface area contributed by atoms with Crippen molar-refractivity contribution >= 4 is 27.8 Å². The highest BCUT2D eigenvalue weighted by Crippen LogP contribution is 2.31. The van der Waals surface area contributed by atoms with Gasteiger partial charge in [-0.25, -0.2) is 9.78 Å². The Morgan fingerprint density at radius 2 is 1.69 bits per heavy atom. The van der Waals surface area contributed by atoms with Gasteiger partial charge in [0.1, 0.15) is 18.0 Å². The van der Waals surface area contributed by atoms with E-state index in [1.165, 1.54) is 12.1 Å². The van der Waals surface area contributed by atoms with Gasteiger partial charge in [0.25, 0.3) is 0 Å². The Morgan fingerprint density at radius 1 is 1.00 bits per heavy atom. The zero-order valence-corrected chi connectivity index (χ0v) is 15.2. The van der Waals surface area contributed by atoms with Gasteiger partial charge in [0.15, 0.2) is 0 Å². The SMILES string of the molecule is COc1ccc2ccc(OC(=O)Cn3c(C(F)(F)F)nc4ccccc43)cc2c1. The van der Waals surface area contributed by atoms with Gasteiger partial charge < -0.3 is 14.0 Å². The molecule has 0 bridgehead atoms. The molecule has 0 radical (unpaired) electrons. The molecule has 0 spiro atoms. The van der Waals surface area contributed by atoms with Crippen molar-refractivity contribution in [2.24, 2.45) is 0 Å². The maximum absolute atomic E-state index is 13.4. The summed E-state index contributed by atoms with van der Waals surface area (Å²) in [5.74, 6) is -1.10. The van der Waals surface area contributed by atoms with Crippen LogP contribution in [0.15, 0.2) is 60.7 Å². The van der Waals surface area contributed by atoms with Crippen LogP contribution < -0.4 is 9.47 Å². The van der Waals surface area contributed by atoms with Crippen LogP contribution >= 0.6 is 0 Å². The molecule has 148 valence electrons. The summed E-state index contributed by atoms with van der Waals surface area (Å²) in [6, 6.07) is 16.5. The van der Waals surface area contributed by atoms with E-state index in [2.05, 4.69) is 4.98 Å². The Balaban J connectivity index is 1.63. The number of carbonyl (C=O) groups is 1. The molecule has 29 heavy (non-hydrogen) atoms. The molecule has 1 heterocycles. The van der Waals surface area contributed by atoms with Gasteiger partial charge >= 0.3 is 12.1 Å². The van der Waals surface area contributed by atoms with Crippen LogP contribution in [0.25, 0.3) is 21.8 Å². The molecule has 4 aromatic rings. The van der Waals surface area contributed by atoms with Crippen LogP contribution in [0.5, 0.6) is 11.5 Å². The second-order valence-corrected chi connectivity index (χ2v) is 6.36. The van der Waals surface area contributed by atoms with Gasteiger partial charge in [0.2, 0.25) is 5.82 Å². The van der Waals surface area contributed by atoms with Crippen molar-refractivity contribution in [1.82, 2.24) is 9.55 Å². The van der Waals surface area contributed by atoms with E-state index in [1.807, 2.05) is 6.07 Å². The van der Waals surface area contributed by atoms with Crippen LogP contribution in [-0.4, -0.2) is 22.6 Å². The molecule has 0 aliphatic carbocycles. The fourth-order valence-electron chi connectivity index (χ4n) is 3.14. The van der Waals surface area contributed by atoms with Crippen molar-refractivity contribution in [2.45, 2.75) is 12.7 Å². The molecule has 0 aliphatic rings. The zero-order valence-electron chi connectivity index (χ0n) is 15.2. The fourth-order valence-corrected chi connectivity index (χ4v) is 3.14. The normalized spacial score (nSPS) is 11.7. The zero-order chi connectivity index (χ0) is 20.6. The first-order valence-corrected chi connectivity index (χ1v) is 8.66. The molecule has 0 saturated carbocycles. The fraction of sp³-hybridized carbons (Fsp3) is 0.143. The lowest BCUT2D eigenvalue weighted by atomic mass is 10.1. The maximum Gasteiger partial charge on any atom is 0.449 e. The number of rotatable bonds is 4. The molecule has 0 aliphatic heterocycles. The summed E-state index contributed by atoms with van der Waals surface area (Å²) in [7, 11) is 1.54. The molecular weight excluding hydrogens is 385 g/mol. The van der Waals surface area contributed by atoms with Crippen LogP contribution in [0.1, 0.15) is 5.82 Å².